The first kappa shape index (κ1) is 13.2. The van der Waals surface area contributed by atoms with Crippen LogP contribution in [0.4, 0.5) is 11.6 Å². The summed E-state index contributed by atoms with van der Waals surface area (Å²) in [6, 6.07) is 12.9. The molecule has 0 saturated carbocycles. The summed E-state index contributed by atoms with van der Waals surface area (Å²) in [7, 11) is 0. The van der Waals surface area contributed by atoms with Crippen molar-refractivity contribution in [1.82, 2.24) is 19.4 Å². The zero-order valence-electron chi connectivity index (χ0n) is 12.0. The Morgan fingerprint density at radius 2 is 1.91 bits per heavy atom. The number of hydrogen-bond acceptors (Lipinski definition) is 5. The van der Waals surface area contributed by atoms with Gasteiger partial charge in [0.2, 0.25) is 0 Å². The third kappa shape index (κ3) is 2.24. The molecule has 4 rings (SSSR count). The summed E-state index contributed by atoms with van der Waals surface area (Å²) in [5.41, 5.74) is 8.35. The molecule has 1 aromatic carbocycles. The van der Waals surface area contributed by atoms with Gasteiger partial charge in [0.25, 0.3) is 5.91 Å². The largest absolute Gasteiger partial charge is 0.381 e. The fourth-order valence-electron chi connectivity index (χ4n) is 2.41. The molecule has 7 nitrogen and oxygen atoms in total. The topological polar surface area (TPSA) is 98.2 Å². The molecule has 1 amide bonds. The SMILES string of the molecule is Nc1nc(C(=O)Nc2ccccn2)cn2c1nc1ccccc12. The zero-order valence-corrected chi connectivity index (χ0v) is 12.0. The number of rotatable bonds is 2. The molecule has 0 saturated heterocycles. The second-order valence-electron chi connectivity index (χ2n) is 4.97. The molecule has 0 aliphatic rings. The third-order valence-electron chi connectivity index (χ3n) is 3.46. The first-order valence-electron chi connectivity index (χ1n) is 6.98. The Kier molecular flexibility index (Phi) is 2.90. The van der Waals surface area contributed by atoms with E-state index in [2.05, 4.69) is 20.3 Å². The number of benzene rings is 1. The Morgan fingerprint density at radius 1 is 1.09 bits per heavy atom. The molecular weight excluding hydrogens is 292 g/mol. The fraction of sp³-hybridized carbons (Fsp3) is 0. The van der Waals surface area contributed by atoms with Crippen molar-refractivity contribution in [1.29, 1.82) is 0 Å². The van der Waals surface area contributed by atoms with Crippen LogP contribution in [-0.2, 0) is 0 Å². The van der Waals surface area contributed by atoms with Crippen molar-refractivity contribution in [3.05, 3.63) is 60.6 Å². The molecule has 3 N–H and O–H groups in total. The van der Waals surface area contributed by atoms with E-state index in [0.29, 0.717) is 11.5 Å². The first-order chi connectivity index (χ1) is 11.2. The molecule has 7 heteroatoms. The van der Waals surface area contributed by atoms with Gasteiger partial charge >= 0.3 is 0 Å². The number of aromatic nitrogens is 4. The maximum absolute atomic E-state index is 12.4. The maximum atomic E-state index is 12.4. The number of hydrogen-bond donors (Lipinski definition) is 2. The van der Waals surface area contributed by atoms with Gasteiger partial charge in [0, 0.05) is 12.4 Å². The molecular formula is C16H12N6O. The Morgan fingerprint density at radius 3 is 2.74 bits per heavy atom. The molecule has 0 bridgehead atoms. The van der Waals surface area contributed by atoms with E-state index >= 15 is 0 Å². The van der Waals surface area contributed by atoms with Gasteiger partial charge < -0.3 is 11.1 Å². The van der Waals surface area contributed by atoms with Gasteiger partial charge in [-0.15, -0.1) is 0 Å². The van der Waals surface area contributed by atoms with Gasteiger partial charge in [-0.05, 0) is 24.3 Å². The van der Waals surface area contributed by atoms with Crippen LogP contribution in [0.15, 0.2) is 54.9 Å². The first-order valence-corrected chi connectivity index (χ1v) is 6.98. The van der Waals surface area contributed by atoms with Gasteiger partial charge in [-0.1, -0.05) is 18.2 Å². The average molecular weight is 304 g/mol. The van der Waals surface area contributed by atoms with Gasteiger partial charge in [-0.2, -0.15) is 0 Å². The lowest BCUT2D eigenvalue weighted by Gasteiger charge is -2.06. The number of fused-ring (bicyclic) bond motifs is 3. The number of carbonyl (C=O) groups is 1. The van der Waals surface area contributed by atoms with Crippen molar-refractivity contribution in [2.45, 2.75) is 0 Å². The molecule has 0 spiro atoms. The minimum Gasteiger partial charge on any atom is -0.381 e. The van der Waals surface area contributed by atoms with Crippen molar-refractivity contribution in [2.24, 2.45) is 0 Å². The normalized spacial score (nSPS) is 11.0. The number of nitrogens with one attached hydrogen (secondary N) is 1. The van der Waals surface area contributed by atoms with E-state index in [1.54, 1.807) is 35.0 Å². The van der Waals surface area contributed by atoms with Crippen molar-refractivity contribution in [3.63, 3.8) is 0 Å². The minimum absolute atomic E-state index is 0.198. The van der Waals surface area contributed by atoms with E-state index in [4.69, 9.17) is 5.73 Å². The summed E-state index contributed by atoms with van der Waals surface area (Å²) in [5.74, 6) is 0.276. The highest BCUT2D eigenvalue weighted by molar-refractivity contribution is 6.03. The predicted octanol–water partition coefficient (Wildman–Crippen LogP) is 2.11. The summed E-state index contributed by atoms with van der Waals surface area (Å²) in [6.07, 6.45) is 3.23. The molecule has 3 aromatic heterocycles. The van der Waals surface area contributed by atoms with Crippen LogP contribution in [0.25, 0.3) is 16.7 Å². The monoisotopic (exact) mass is 304 g/mol. The molecule has 0 aliphatic heterocycles. The molecule has 0 unspecified atom stereocenters. The average Bonchev–Trinajstić information content (AvgIpc) is 2.95. The number of anilines is 2. The van der Waals surface area contributed by atoms with Gasteiger partial charge in [0.15, 0.2) is 11.5 Å². The summed E-state index contributed by atoms with van der Waals surface area (Å²) in [5, 5.41) is 2.69. The smallest absolute Gasteiger partial charge is 0.277 e. The third-order valence-corrected chi connectivity index (χ3v) is 3.46. The number of nitrogen functional groups attached to an aromatic ring is 1. The van der Waals surface area contributed by atoms with E-state index in [9.17, 15) is 4.79 Å². The molecule has 0 fully saturated rings. The van der Waals surface area contributed by atoms with Crippen LogP contribution in [-0.4, -0.2) is 25.3 Å². The predicted molar refractivity (Wildman–Crippen MR) is 87.1 cm³/mol. The zero-order chi connectivity index (χ0) is 15.8. The number of pyridine rings is 1. The quantitative estimate of drug-likeness (QED) is 0.591. The van der Waals surface area contributed by atoms with E-state index in [1.165, 1.54) is 0 Å². The van der Waals surface area contributed by atoms with Crippen molar-refractivity contribution >= 4 is 34.2 Å². The molecule has 0 radical (unpaired) electrons. The second kappa shape index (κ2) is 5.06. The standard InChI is InChI=1S/C16H12N6O/c17-14-15-20-10-5-1-2-6-12(10)22(15)9-11(19-14)16(23)21-13-7-3-4-8-18-13/h1-9H,(H2,17,19)(H,18,21,23). The van der Waals surface area contributed by atoms with Crippen molar-refractivity contribution in [2.75, 3.05) is 11.1 Å². The molecule has 3 heterocycles. The fourth-order valence-corrected chi connectivity index (χ4v) is 2.41. The van der Waals surface area contributed by atoms with Crippen LogP contribution >= 0.6 is 0 Å². The highest BCUT2D eigenvalue weighted by atomic mass is 16.1. The lowest BCUT2D eigenvalue weighted by molar-refractivity contribution is 0.102. The summed E-state index contributed by atoms with van der Waals surface area (Å²) in [4.78, 5) is 25.0. The van der Waals surface area contributed by atoms with E-state index in [-0.39, 0.29) is 17.4 Å². The molecule has 0 atom stereocenters. The Hall–Kier alpha value is -3.48. The minimum atomic E-state index is -0.380. The second-order valence-corrected chi connectivity index (χ2v) is 4.97. The Labute approximate surface area is 130 Å². The number of carbonyl (C=O) groups excluding carboxylic acids is 1. The number of para-hydroxylation sites is 2. The number of imidazole rings is 1. The number of nitrogens with zero attached hydrogens (tertiary/aromatic N) is 4. The lowest BCUT2D eigenvalue weighted by atomic mass is 10.3. The maximum Gasteiger partial charge on any atom is 0.277 e. The number of amides is 1. The van der Waals surface area contributed by atoms with Crippen LogP contribution in [0.2, 0.25) is 0 Å². The Bertz CT molecular complexity index is 1020. The highest BCUT2D eigenvalue weighted by Gasteiger charge is 2.14. The summed E-state index contributed by atoms with van der Waals surface area (Å²) >= 11 is 0. The van der Waals surface area contributed by atoms with Crippen LogP contribution in [0, 0.1) is 0 Å². The van der Waals surface area contributed by atoms with Crippen LogP contribution < -0.4 is 11.1 Å². The van der Waals surface area contributed by atoms with E-state index in [0.717, 1.165) is 11.0 Å². The summed E-state index contributed by atoms with van der Waals surface area (Å²) < 4.78 is 1.77. The van der Waals surface area contributed by atoms with Gasteiger partial charge in [-0.3, -0.25) is 9.20 Å². The van der Waals surface area contributed by atoms with Crippen molar-refractivity contribution < 1.29 is 4.79 Å². The highest BCUT2D eigenvalue weighted by Crippen LogP contribution is 2.20. The van der Waals surface area contributed by atoms with E-state index < -0.39 is 0 Å². The lowest BCUT2D eigenvalue weighted by Crippen LogP contribution is -2.16. The number of nitrogens with two attached hydrogens (primary N) is 1. The molecule has 23 heavy (non-hydrogen) atoms. The molecule has 4 aromatic rings. The van der Waals surface area contributed by atoms with Gasteiger partial charge in [0.05, 0.1) is 11.0 Å². The molecule has 112 valence electrons. The van der Waals surface area contributed by atoms with Gasteiger partial charge in [-0.25, -0.2) is 15.0 Å². The van der Waals surface area contributed by atoms with E-state index in [1.807, 2.05) is 24.3 Å². The van der Waals surface area contributed by atoms with Gasteiger partial charge in [0.1, 0.15) is 11.5 Å². The summed E-state index contributed by atoms with van der Waals surface area (Å²) in [6.45, 7) is 0. The van der Waals surface area contributed by atoms with Crippen LogP contribution in [0.5, 0.6) is 0 Å². The molecule has 0 aliphatic carbocycles. The van der Waals surface area contributed by atoms with Crippen LogP contribution in [0.3, 0.4) is 0 Å². The van der Waals surface area contributed by atoms with Crippen LogP contribution in [0.1, 0.15) is 10.5 Å². The van der Waals surface area contributed by atoms with Crippen molar-refractivity contribution in [3.8, 4) is 0 Å². The Balaban J connectivity index is 1.81.